The van der Waals surface area contributed by atoms with Gasteiger partial charge in [0.1, 0.15) is 5.54 Å². The van der Waals surface area contributed by atoms with Gasteiger partial charge in [-0.25, -0.2) is 0 Å². The molecule has 0 aliphatic carbocycles. The van der Waals surface area contributed by atoms with E-state index < -0.39 is 5.54 Å². The Morgan fingerprint density at radius 2 is 1.96 bits per heavy atom. The Kier molecular flexibility index (Phi) is 6.08. The first-order valence-electron chi connectivity index (χ1n) is 8.76. The third-order valence-electron chi connectivity index (χ3n) is 4.83. The Morgan fingerprint density at radius 3 is 2.58 bits per heavy atom. The molecule has 1 saturated heterocycles. The lowest BCUT2D eigenvalue weighted by molar-refractivity contribution is -0.121. The standard InChI is InChI=1S/C19H28N4O/c1-15(2)19(3,14-20)22-18(24)13-21-16-9-5-6-10-17(16)23-11-7-4-8-12-23/h5-6,9-10,15,21H,4,7-8,11-13H2,1-3H3,(H,22,24)/t19-/m0/s1. The third kappa shape index (κ3) is 4.41. The monoisotopic (exact) mass is 328 g/mol. The minimum absolute atomic E-state index is 0.0482. The van der Waals surface area contributed by atoms with Crippen molar-refractivity contribution in [1.82, 2.24) is 5.32 Å². The SMILES string of the molecule is CC(C)[C@](C)(C#N)NC(=O)CNc1ccccc1N1CCCCC1. The summed E-state index contributed by atoms with van der Waals surface area (Å²) in [7, 11) is 0. The fourth-order valence-electron chi connectivity index (χ4n) is 2.84. The molecule has 5 heteroatoms. The summed E-state index contributed by atoms with van der Waals surface area (Å²) in [4.78, 5) is 14.6. The van der Waals surface area contributed by atoms with Crippen LogP contribution in [0.15, 0.2) is 24.3 Å². The Balaban J connectivity index is 1.99. The van der Waals surface area contributed by atoms with Crippen molar-refractivity contribution >= 4 is 17.3 Å². The van der Waals surface area contributed by atoms with Crippen molar-refractivity contribution in [1.29, 1.82) is 5.26 Å². The lowest BCUT2D eigenvalue weighted by Crippen LogP contribution is -2.50. The molecule has 1 fully saturated rings. The van der Waals surface area contributed by atoms with Crippen molar-refractivity contribution < 1.29 is 4.79 Å². The van der Waals surface area contributed by atoms with Gasteiger partial charge in [0.2, 0.25) is 5.91 Å². The van der Waals surface area contributed by atoms with Crippen LogP contribution >= 0.6 is 0 Å². The highest BCUT2D eigenvalue weighted by Gasteiger charge is 2.29. The van der Waals surface area contributed by atoms with Gasteiger partial charge in [0, 0.05) is 13.1 Å². The third-order valence-corrected chi connectivity index (χ3v) is 4.83. The Labute approximate surface area is 145 Å². The predicted molar refractivity (Wildman–Crippen MR) is 98.0 cm³/mol. The number of piperidine rings is 1. The second-order valence-corrected chi connectivity index (χ2v) is 6.94. The van der Waals surface area contributed by atoms with Crippen LogP contribution in [0, 0.1) is 17.2 Å². The molecule has 0 saturated carbocycles. The van der Waals surface area contributed by atoms with Gasteiger partial charge in [-0.15, -0.1) is 0 Å². The average molecular weight is 328 g/mol. The maximum Gasteiger partial charge on any atom is 0.240 e. The van der Waals surface area contributed by atoms with Crippen LogP contribution in [0.3, 0.4) is 0 Å². The van der Waals surface area contributed by atoms with Crippen LogP contribution in [0.4, 0.5) is 11.4 Å². The number of hydrogen-bond acceptors (Lipinski definition) is 4. The van der Waals surface area contributed by atoms with E-state index in [4.69, 9.17) is 0 Å². The minimum atomic E-state index is -0.842. The Bertz CT molecular complexity index is 602. The highest BCUT2D eigenvalue weighted by atomic mass is 16.2. The average Bonchev–Trinajstić information content (AvgIpc) is 2.60. The normalized spacial score (nSPS) is 17.0. The summed E-state index contributed by atoms with van der Waals surface area (Å²) in [6.45, 7) is 7.91. The molecule has 0 aromatic heterocycles. The summed E-state index contributed by atoms with van der Waals surface area (Å²) in [5, 5.41) is 15.4. The Morgan fingerprint density at radius 1 is 1.29 bits per heavy atom. The van der Waals surface area contributed by atoms with Gasteiger partial charge in [-0.05, 0) is 44.2 Å². The van der Waals surface area contributed by atoms with Gasteiger partial charge in [0.25, 0.3) is 0 Å². The minimum Gasteiger partial charge on any atom is -0.374 e. The second-order valence-electron chi connectivity index (χ2n) is 6.94. The zero-order valence-corrected chi connectivity index (χ0v) is 14.9. The van der Waals surface area contributed by atoms with Crippen LogP contribution in [0.5, 0.6) is 0 Å². The molecular weight excluding hydrogens is 300 g/mol. The van der Waals surface area contributed by atoms with Gasteiger partial charge >= 0.3 is 0 Å². The molecule has 0 unspecified atom stereocenters. The van der Waals surface area contributed by atoms with Crippen LogP contribution < -0.4 is 15.5 Å². The van der Waals surface area contributed by atoms with E-state index in [1.807, 2.05) is 32.0 Å². The van der Waals surface area contributed by atoms with Crippen molar-refractivity contribution in [2.24, 2.45) is 5.92 Å². The van der Waals surface area contributed by atoms with Crippen molar-refractivity contribution in [3.05, 3.63) is 24.3 Å². The lowest BCUT2D eigenvalue weighted by atomic mass is 9.90. The second kappa shape index (κ2) is 8.05. The predicted octanol–water partition coefficient (Wildman–Crippen LogP) is 3.14. The molecule has 1 heterocycles. The van der Waals surface area contributed by atoms with E-state index in [-0.39, 0.29) is 18.4 Å². The quantitative estimate of drug-likeness (QED) is 0.842. The number of carbonyl (C=O) groups excluding carboxylic acids is 1. The molecule has 1 aromatic rings. The summed E-state index contributed by atoms with van der Waals surface area (Å²) in [6.07, 6.45) is 3.71. The number of amides is 1. The van der Waals surface area contributed by atoms with E-state index in [9.17, 15) is 10.1 Å². The summed E-state index contributed by atoms with van der Waals surface area (Å²) < 4.78 is 0. The lowest BCUT2D eigenvalue weighted by Gasteiger charge is -2.31. The van der Waals surface area contributed by atoms with Gasteiger partial charge in [0.15, 0.2) is 0 Å². The van der Waals surface area contributed by atoms with E-state index in [1.165, 1.54) is 19.3 Å². The maximum absolute atomic E-state index is 12.2. The van der Waals surface area contributed by atoms with E-state index in [0.717, 1.165) is 24.5 Å². The molecule has 0 spiro atoms. The molecule has 1 aliphatic rings. The van der Waals surface area contributed by atoms with Gasteiger partial charge in [-0.1, -0.05) is 26.0 Å². The van der Waals surface area contributed by atoms with E-state index in [2.05, 4.69) is 27.7 Å². The molecule has 1 atom stereocenters. The molecule has 24 heavy (non-hydrogen) atoms. The van der Waals surface area contributed by atoms with Crippen molar-refractivity contribution in [2.75, 3.05) is 29.9 Å². The molecule has 0 radical (unpaired) electrons. The number of nitriles is 1. The van der Waals surface area contributed by atoms with Crippen LogP contribution in [0.25, 0.3) is 0 Å². The zero-order chi connectivity index (χ0) is 17.6. The van der Waals surface area contributed by atoms with Crippen molar-refractivity contribution in [3.8, 4) is 6.07 Å². The van der Waals surface area contributed by atoms with Crippen LogP contribution in [-0.4, -0.2) is 31.1 Å². The van der Waals surface area contributed by atoms with Crippen molar-refractivity contribution in [3.63, 3.8) is 0 Å². The van der Waals surface area contributed by atoms with Gasteiger partial charge in [0.05, 0.1) is 24.0 Å². The molecule has 0 bridgehead atoms. The van der Waals surface area contributed by atoms with Gasteiger partial charge in [-0.3, -0.25) is 4.79 Å². The summed E-state index contributed by atoms with van der Waals surface area (Å²) in [5.74, 6) is -0.117. The smallest absolute Gasteiger partial charge is 0.240 e. The zero-order valence-electron chi connectivity index (χ0n) is 14.9. The number of carbonyl (C=O) groups is 1. The number of para-hydroxylation sites is 2. The molecule has 1 amide bonds. The molecule has 5 nitrogen and oxygen atoms in total. The number of rotatable bonds is 6. The van der Waals surface area contributed by atoms with E-state index in [1.54, 1.807) is 6.92 Å². The number of benzene rings is 1. The van der Waals surface area contributed by atoms with E-state index >= 15 is 0 Å². The first kappa shape index (κ1) is 18.1. The summed E-state index contributed by atoms with van der Waals surface area (Å²) in [6, 6.07) is 10.3. The summed E-state index contributed by atoms with van der Waals surface area (Å²) in [5.41, 5.74) is 1.28. The Hall–Kier alpha value is -2.22. The molecule has 130 valence electrons. The van der Waals surface area contributed by atoms with Crippen molar-refractivity contribution in [2.45, 2.75) is 45.6 Å². The first-order valence-corrected chi connectivity index (χ1v) is 8.76. The topological polar surface area (TPSA) is 68.2 Å². The fraction of sp³-hybridized carbons (Fsp3) is 0.579. The molecule has 1 aromatic carbocycles. The maximum atomic E-state index is 12.2. The summed E-state index contributed by atoms with van der Waals surface area (Å²) >= 11 is 0. The molecule has 1 aliphatic heterocycles. The number of nitrogens with zero attached hydrogens (tertiary/aromatic N) is 2. The number of anilines is 2. The van der Waals surface area contributed by atoms with Crippen LogP contribution in [0.2, 0.25) is 0 Å². The fourth-order valence-corrected chi connectivity index (χ4v) is 2.84. The first-order chi connectivity index (χ1) is 11.5. The van der Waals surface area contributed by atoms with Gasteiger partial charge in [-0.2, -0.15) is 5.26 Å². The van der Waals surface area contributed by atoms with Crippen LogP contribution in [-0.2, 0) is 4.79 Å². The van der Waals surface area contributed by atoms with Gasteiger partial charge < -0.3 is 15.5 Å². The molecule has 2 N–H and O–H groups in total. The number of nitrogens with one attached hydrogen (secondary N) is 2. The van der Waals surface area contributed by atoms with E-state index in [0.29, 0.717) is 0 Å². The largest absolute Gasteiger partial charge is 0.374 e. The molecule has 2 rings (SSSR count). The van der Waals surface area contributed by atoms with Crippen LogP contribution in [0.1, 0.15) is 40.0 Å². The highest BCUT2D eigenvalue weighted by molar-refractivity contribution is 5.83. The highest BCUT2D eigenvalue weighted by Crippen LogP contribution is 2.28. The number of hydrogen-bond donors (Lipinski definition) is 2. The molecular formula is C19H28N4O.